The second-order valence-electron chi connectivity index (χ2n) is 11.3. The molecule has 4 atom stereocenters. The molecule has 4 rings (SSSR count). The van der Waals surface area contributed by atoms with Gasteiger partial charge in [-0.25, -0.2) is 0 Å². The first-order valence-electron chi connectivity index (χ1n) is 12.7. The van der Waals surface area contributed by atoms with Crippen LogP contribution in [-0.4, -0.2) is 72.2 Å². The van der Waals surface area contributed by atoms with Crippen molar-refractivity contribution < 1.29 is 9.90 Å². The minimum Gasteiger partial charge on any atom is -0.395 e. The van der Waals surface area contributed by atoms with Crippen molar-refractivity contribution in [3.05, 3.63) is 69.7 Å². The average molecular weight is 534 g/mol. The fraction of sp³-hybridized carbons (Fsp3) is 0.536. The van der Waals surface area contributed by atoms with Gasteiger partial charge in [0.1, 0.15) is 0 Å². The highest BCUT2D eigenvalue weighted by molar-refractivity contribution is 6.30. The summed E-state index contributed by atoms with van der Waals surface area (Å²) < 4.78 is 0. The number of aliphatic hydroxyl groups excluding tert-OH is 1. The van der Waals surface area contributed by atoms with E-state index in [2.05, 4.69) is 31.0 Å². The summed E-state index contributed by atoms with van der Waals surface area (Å²) in [5.74, 6) is -0.267. The highest BCUT2D eigenvalue weighted by Gasteiger charge is 2.57. The summed E-state index contributed by atoms with van der Waals surface area (Å²) in [6.45, 7) is 10.1. The molecule has 2 aliphatic rings. The molecule has 196 valence electrons. The number of hydrogen-bond donors (Lipinski definition) is 3. The summed E-state index contributed by atoms with van der Waals surface area (Å²) in [6, 6.07) is 14.8. The Morgan fingerprint density at radius 1 is 1.08 bits per heavy atom. The predicted octanol–water partition coefficient (Wildman–Crippen LogP) is 3.84. The van der Waals surface area contributed by atoms with Crippen molar-refractivity contribution in [2.45, 2.75) is 50.7 Å². The molecule has 2 aromatic rings. The zero-order valence-corrected chi connectivity index (χ0v) is 22.9. The average Bonchev–Trinajstić information content (AvgIpc) is 3.11. The van der Waals surface area contributed by atoms with E-state index in [0.29, 0.717) is 29.7 Å². The molecule has 1 amide bonds. The smallest absolute Gasteiger partial charge is 0.240 e. The fourth-order valence-electron chi connectivity index (χ4n) is 5.82. The maximum atomic E-state index is 14.1. The Hall–Kier alpha value is -1.67. The van der Waals surface area contributed by atoms with Crippen LogP contribution < -0.4 is 11.1 Å². The lowest BCUT2D eigenvalue weighted by Gasteiger charge is -2.40. The standard InChI is InChI=1S/C28H38Cl2N4O2/c1-27(2,3)18-23-28(31,20-7-9-21(29)10-8-20)24(19-5-4-6-22(30)17-19)25(32-23)26(36)34-13-11-33(12-14-34)15-16-35/h4-10,17,23-25,32,35H,11-16,18,31H2,1-3H3/t23?,24-,25+,28+/m0/s1. The van der Waals surface area contributed by atoms with Crippen molar-refractivity contribution in [3.8, 4) is 0 Å². The van der Waals surface area contributed by atoms with Crippen LogP contribution in [0.2, 0.25) is 10.0 Å². The topological polar surface area (TPSA) is 81.8 Å². The fourth-order valence-corrected chi connectivity index (χ4v) is 6.14. The van der Waals surface area contributed by atoms with Crippen LogP contribution in [0.4, 0.5) is 0 Å². The van der Waals surface area contributed by atoms with E-state index < -0.39 is 11.6 Å². The number of nitrogens with one attached hydrogen (secondary N) is 1. The Kier molecular flexibility index (Phi) is 8.35. The number of amides is 1. The number of aliphatic hydroxyl groups is 1. The first-order chi connectivity index (χ1) is 17.0. The number of β-amino-alcohol motifs (C(OH)–C–C–N with tert-alkyl or cyclic N) is 1. The van der Waals surface area contributed by atoms with Gasteiger partial charge in [0.15, 0.2) is 0 Å². The van der Waals surface area contributed by atoms with Crippen molar-refractivity contribution in [1.29, 1.82) is 0 Å². The van der Waals surface area contributed by atoms with Crippen molar-refractivity contribution in [2.24, 2.45) is 11.1 Å². The maximum absolute atomic E-state index is 14.1. The first-order valence-corrected chi connectivity index (χ1v) is 13.5. The number of nitrogens with two attached hydrogens (primary N) is 1. The van der Waals surface area contributed by atoms with Crippen LogP contribution in [-0.2, 0) is 10.3 Å². The minimum atomic E-state index is -0.860. The van der Waals surface area contributed by atoms with Crippen LogP contribution in [0.1, 0.15) is 44.2 Å². The van der Waals surface area contributed by atoms with E-state index in [1.165, 1.54) is 0 Å². The summed E-state index contributed by atoms with van der Waals surface area (Å²) >= 11 is 12.7. The van der Waals surface area contributed by atoms with E-state index in [0.717, 1.165) is 30.6 Å². The van der Waals surface area contributed by atoms with Crippen molar-refractivity contribution in [3.63, 3.8) is 0 Å². The molecule has 2 heterocycles. The zero-order chi connectivity index (χ0) is 26.1. The molecule has 6 nitrogen and oxygen atoms in total. The number of carbonyl (C=O) groups excluding carboxylic acids is 1. The van der Waals surface area contributed by atoms with Crippen LogP contribution in [0.15, 0.2) is 48.5 Å². The van der Waals surface area contributed by atoms with Gasteiger partial charge < -0.3 is 21.1 Å². The van der Waals surface area contributed by atoms with Crippen LogP contribution in [0.3, 0.4) is 0 Å². The molecule has 0 aliphatic carbocycles. The van der Waals surface area contributed by atoms with Gasteiger partial charge >= 0.3 is 0 Å². The largest absolute Gasteiger partial charge is 0.395 e. The number of benzene rings is 2. The minimum absolute atomic E-state index is 0.0124. The van der Waals surface area contributed by atoms with Crippen molar-refractivity contribution >= 4 is 29.1 Å². The Labute approximate surface area is 224 Å². The molecule has 0 aromatic heterocycles. The van der Waals surface area contributed by atoms with E-state index in [1.807, 2.05) is 53.4 Å². The van der Waals surface area contributed by atoms with E-state index in [9.17, 15) is 9.90 Å². The molecule has 2 aromatic carbocycles. The third kappa shape index (κ3) is 5.74. The quantitative estimate of drug-likeness (QED) is 0.526. The van der Waals surface area contributed by atoms with Crippen LogP contribution >= 0.6 is 23.2 Å². The number of halogens is 2. The van der Waals surface area contributed by atoms with Gasteiger partial charge in [0.05, 0.1) is 18.2 Å². The summed E-state index contributed by atoms with van der Waals surface area (Å²) in [7, 11) is 0. The van der Waals surface area contributed by atoms with Crippen LogP contribution in [0.25, 0.3) is 0 Å². The number of rotatable bonds is 6. The van der Waals surface area contributed by atoms with E-state index in [4.69, 9.17) is 28.9 Å². The van der Waals surface area contributed by atoms with Gasteiger partial charge in [-0.2, -0.15) is 0 Å². The Morgan fingerprint density at radius 2 is 1.75 bits per heavy atom. The number of carbonyl (C=O) groups is 1. The lowest BCUT2D eigenvalue weighted by molar-refractivity contribution is -0.135. The van der Waals surface area contributed by atoms with Gasteiger partial charge in [0.25, 0.3) is 0 Å². The molecular formula is C28H38Cl2N4O2. The molecule has 2 saturated heterocycles. The maximum Gasteiger partial charge on any atom is 0.240 e. The van der Waals surface area contributed by atoms with Gasteiger partial charge in [0, 0.05) is 54.7 Å². The summed E-state index contributed by atoms with van der Waals surface area (Å²) in [6.07, 6.45) is 0.789. The number of hydrogen-bond acceptors (Lipinski definition) is 5. The van der Waals surface area contributed by atoms with Crippen molar-refractivity contribution in [1.82, 2.24) is 15.1 Å². The zero-order valence-electron chi connectivity index (χ0n) is 21.4. The monoisotopic (exact) mass is 532 g/mol. The molecular weight excluding hydrogens is 495 g/mol. The Bertz CT molecular complexity index is 1050. The van der Waals surface area contributed by atoms with Gasteiger partial charge in [-0.15, -0.1) is 0 Å². The summed E-state index contributed by atoms with van der Waals surface area (Å²) in [5, 5.41) is 14.3. The number of piperazine rings is 1. The lowest BCUT2D eigenvalue weighted by atomic mass is 9.68. The van der Waals surface area contributed by atoms with Gasteiger partial charge in [-0.1, -0.05) is 68.2 Å². The van der Waals surface area contributed by atoms with Crippen LogP contribution in [0, 0.1) is 5.41 Å². The van der Waals surface area contributed by atoms with Gasteiger partial charge in [-0.3, -0.25) is 9.69 Å². The molecule has 8 heteroatoms. The van der Waals surface area contributed by atoms with E-state index in [1.54, 1.807) is 0 Å². The van der Waals surface area contributed by atoms with Gasteiger partial charge in [-0.05, 0) is 47.2 Å². The second-order valence-corrected chi connectivity index (χ2v) is 12.2. The highest BCUT2D eigenvalue weighted by atomic mass is 35.5. The highest BCUT2D eigenvalue weighted by Crippen LogP contribution is 2.48. The van der Waals surface area contributed by atoms with E-state index >= 15 is 0 Å². The molecule has 2 aliphatic heterocycles. The third-order valence-electron chi connectivity index (χ3n) is 7.54. The number of nitrogens with zero attached hydrogens (tertiary/aromatic N) is 2. The molecule has 2 fully saturated rings. The molecule has 36 heavy (non-hydrogen) atoms. The summed E-state index contributed by atoms with van der Waals surface area (Å²) in [5.41, 5.74) is 8.49. The predicted molar refractivity (Wildman–Crippen MR) is 146 cm³/mol. The molecule has 0 radical (unpaired) electrons. The Balaban J connectivity index is 1.77. The molecule has 0 saturated carbocycles. The normalized spacial score (nSPS) is 27.4. The molecule has 0 spiro atoms. The first kappa shape index (κ1) is 27.4. The van der Waals surface area contributed by atoms with Gasteiger partial charge in [0.2, 0.25) is 5.91 Å². The SMILES string of the molecule is CC(C)(C)CC1N[C@@H](C(=O)N2CCN(CCO)CC2)[C@H](c2cccc(Cl)c2)[C@@]1(N)c1ccc(Cl)cc1. The third-order valence-corrected chi connectivity index (χ3v) is 8.03. The van der Waals surface area contributed by atoms with Crippen molar-refractivity contribution in [2.75, 3.05) is 39.3 Å². The van der Waals surface area contributed by atoms with E-state index in [-0.39, 0.29) is 29.9 Å². The molecule has 1 unspecified atom stereocenters. The summed E-state index contributed by atoms with van der Waals surface area (Å²) in [4.78, 5) is 18.2. The lowest BCUT2D eigenvalue weighted by Crippen LogP contribution is -2.54. The molecule has 0 bridgehead atoms. The Morgan fingerprint density at radius 3 is 2.33 bits per heavy atom. The van der Waals surface area contributed by atoms with Crippen LogP contribution in [0.5, 0.6) is 0 Å². The molecule has 4 N–H and O–H groups in total. The second kappa shape index (κ2) is 11.0.